The highest BCUT2D eigenvalue weighted by molar-refractivity contribution is 6.02. The van der Waals surface area contributed by atoms with Crippen LogP contribution in [0.1, 0.15) is 66.8 Å². The largest absolute Gasteiger partial charge is 0.150 e. The maximum Gasteiger partial charge on any atom is 0.0970 e. The van der Waals surface area contributed by atoms with Crippen molar-refractivity contribution in [3.05, 3.63) is 66.8 Å². The van der Waals surface area contributed by atoms with Crippen LogP contribution in [0, 0.1) is 83.1 Å². The second-order valence-electron chi connectivity index (χ2n) is 9.15. The molecular formula is C28H36N2. The Hall–Kier alpha value is -2.48. The van der Waals surface area contributed by atoms with E-state index in [2.05, 4.69) is 83.1 Å². The maximum atomic E-state index is 4.94. The first-order chi connectivity index (χ1) is 13.9. The van der Waals surface area contributed by atoms with E-state index in [1.54, 1.807) is 0 Å². The van der Waals surface area contributed by atoms with Gasteiger partial charge in [0.05, 0.1) is 11.4 Å². The second kappa shape index (κ2) is 7.65. The van der Waals surface area contributed by atoms with Gasteiger partial charge < -0.3 is 0 Å². The summed E-state index contributed by atoms with van der Waals surface area (Å²) in [7, 11) is 0. The Balaban J connectivity index is 2.42. The van der Waals surface area contributed by atoms with Gasteiger partial charge in [0.25, 0.3) is 0 Å². The highest BCUT2D eigenvalue weighted by Gasteiger charge is 2.19. The summed E-state index contributed by atoms with van der Waals surface area (Å²) in [6.45, 7) is 26.5. The predicted octanol–water partition coefficient (Wildman–Crippen LogP) is 8.96. The van der Waals surface area contributed by atoms with Crippen LogP contribution in [0.25, 0.3) is 10.8 Å². The summed E-state index contributed by atoms with van der Waals surface area (Å²) in [6.07, 6.45) is 0. The fourth-order valence-corrected chi connectivity index (χ4v) is 4.77. The molecule has 0 saturated heterocycles. The molecular weight excluding hydrogens is 364 g/mol. The molecule has 2 heteroatoms. The third kappa shape index (κ3) is 3.09. The Morgan fingerprint density at radius 3 is 1.00 bits per heavy atom. The zero-order valence-corrected chi connectivity index (χ0v) is 20.9. The predicted molar refractivity (Wildman–Crippen MR) is 131 cm³/mol. The molecule has 158 valence electrons. The Morgan fingerprint density at radius 1 is 0.267 bits per heavy atom. The molecule has 0 unspecified atom stereocenters. The summed E-state index contributed by atoms with van der Waals surface area (Å²) in [5.74, 6) is 0. The molecule has 3 rings (SSSR count). The van der Waals surface area contributed by atoms with Gasteiger partial charge in [0, 0.05) is 5.39 Å². The molecule has 0 spiro atoms. The van der Waals surface area contributed by atoms with Crippen LogP contribution in [0.2, 0.25) is 0 Å². The molecule has 0 aliphatic carbocycles. The summed E-state index contributed by atoms with van der Waals surface area (Å²) in [5.41, 5.74) is 17.8. The van der Waals surface area contributed by atoms with E-state index in [4.69, 9.17) is 10.2 Å². The van der Waals surface area contributed by atoms with Gasteiger partial charge in [0.15, 0.2) is 0 Å². The summed E-state index contributed by atoms with van der Waals surface area (Å²) < 4.78 is 0. The normalized spacial score (nSPS) is 11.9. The van der Waals surface area contributed by atoms with Gasteiger partial charge in [0.1, 0.15) is 0 Å². The van der Waals surface area contributed by atoms with Crippen molar-refractivity contribution in [1.82, 2.24) is 0 Å². The minimum atomic E-state index is 1.01. The van der Waals surface area contributed by atoms with Crippen LogP contribution in [-0.4, -0.2) is 0 Å². The number of fused-ring (bicyclic) bond motifs is 1. The average molecular weight is 401 g/mol. The van der Waals surface area contributed by atoms with Crippen molar-refractivity contribution >= 4 is 22.1 Å². The second-order valence-corrected chi connectivity index (χ2v) is 9.15. The van der Waals surface area contributed by atoms with Gasteiger partial charge in [-0.05, 0) is 155 Å². The van der Waals surface area contributed by atoms with Gasteiger partial charge in [-0.1, -0.05) is 0 Å². The molecule has 3 aromatic carbocycles. The van der Waals surface area contributed by atoms with Crippen LogP contribution in [-0.2, 0) is 0 Å². The highest BCUT2D eigenvalue weighted by atomic mass is 15.1. The summed E-state index contributed by atoms with van der Waals surface area (Å²) >= 11 is 0. The molecule has 0 heterocycles. The molecule has 2 nitrogen and oxygen atoms in total. The van der Waals surface area contributed by atoms with E-state index in [-0.39, 0.29) is 0 Å². The van der Waals surface area contributed by atoms with Crippen LogP contribution in [0.4, 0.5) is 11.4 Å². The van der Waals surface area contributed by atoms with Crippen LogP contribution in [0.15, 0.2) is 10.2 Å². The number of nitrogens with zero attached hydrogens (tertiary/aromatic N) is 2. The molecule has 0 bridgehead atoms. The van der Waals surface area contributed by atoms with Crippen molar-refractivity contribution in [3.63, 3.8) is 0 Å². The minimum absolute atomic E-state index is 1.01. The number of azo groups is 1. The molecule has 0 atom stereocenters. The van der Waals surface area contributed by atoms with E-state index in [0.717, 1.165) is 11.4 Å². The van der Waals surface area contributed by atoms with Crippen LogP contribution in [0.3, 0.4) is 0 Å². The first kappa shape index (κ1) is 22.2. The Morgan fingerprint density at radius 2 is 0.533 bits per heavy atom. The molecule has 0 fully saturated rings. The molecule has 0 saturated carbocycles. The summed E-state index contributed by atoms with van der Waals surface area (Å²) in [5, 5.41) is 12.4. The van der Waals surface area contributed by atoms with Crippen LogP contribution in [0.5, 0.6) is 0 Å². The van der Waals surface area contributed by atoms with E-state index in [0.29, 0.717) is 0 Å². The molecule has 0 N–H and O–H groups in total. The number of aryl methyl sites for hydroxylation is 3. The molecule has 0 aromatic heterocycles. The molecule has 3 aromatic rings. The number of rotatable bonds is 2. The first-order valence-electron chi connectivity index (χ1n) is 10.9. The molecule has 30 heavy (non-hydrogen) atoms. The summed E-state index contributed by atoms with van der Waals surface area (Å²) in [4.78, 5) is 0. The third-order valence-corrected chi connectivity index (χ3v) is 7.99. The Labute approximate surface area is 182 Å². The lowest BCUT2D eigenvalue weighted by Crippen LogP contribution is -2.00. The fourth-order valence-electron chi connectivity index (χ4n) is 4.77. The van der Waals surface area contributed by atoms with Crippen molar-refractivity contribution in [2.24, 2.45) is 10.2 Å². The third-order valence-electron chi connectivity index (χ3n) is 7.99. The van der Waals surface area contributed by atoms with Crippen molar-refractivity contribution in [2.75, 3.05) is 0 Å². The van der Waals surface area contributed by atoms with Crippen molar-refractivity contribution in [2.45, 2.75) is 83.1 Å². The lowest BCUT2D eigenvalue weighted by Gasteiger charge is -2.21. The Kier molecular flexibility index (Phi) is 5.66. The monoisotopic (exact) mass is 400 g/mol. The van der Waals surface area contributed by atoms with Gasteiger partial charge >= 0.3 is 0 Å². The fraction of sp³-hybridized carbons (Fsp3) is 0.429. The Bertz CT molecular complexity index is 1200. The van der Waals surface area contributed by atoms with Gasteiger partial charge in [-0.3, -0.25) is 0 Å². The lowest BCUT2D eigenvalue weighted by atomic mass is 9.85. The van der Waals surface area contributed by atoms with Crippen LogP contribution >= 0.6 is 0 Å². The van der Waals surface area contributed by atoms with Gasteiger partial charge in [-0.25, -0.2) is 0 Å². The minimum Gasteiger partial charge on any atom is -0.150 e. The first-order valence-corrected chi connectivity index (χ1v) is 10.9. The topological polar surface area (TPSA) is 24.7 Å². The molecule has 0 radical (unpaired) electrons. The van der Waals surface area contributed by atoms with Crippen molar-refractivity contribution in [1.29, 1.82) is 0 Å². The van der Waals surface area contributed by atoms with Gasteiger partial charge in [-0.2, -0.15) is 0 Å². The smallest absolute Gasteiger partial charge is 0.0970 e. The SMILES string of the molecule is Cc1c(C)c(C)c(N=Nc2c(C)c(C)c(C)c3c(C)c(C)c(C)c(C)c23)c(C)c1C. The quantitative estimate of drug-likeness (QED) is 0.383. The van der Waals surface area contributed by atoms with Gasteiger partial charge in [0.2, 0.25) is 0 Å². The van der Waals surface area contributed by atoms with Crippen LogP contribution < -0.4 is 0 Å². The standard InChI is InChI=1S/C28H36N2/c1-13-16(4)22(10)27(23(11)17(13)5)29-30-28-24(12)18(6)20(8)25-19(7)14(2)15(3)21(9)26(25)28/h1-12H3. The molecule has 0 amide bonds. The molecule has 0 aliphatic heterocycles. The highest BCUT2D eigenvalue weighted by Crippen LogP contribution is 2.43. The molecule has 0 aliphatic rings. The lowest BCUT2D eigenvalue weighted by molar-refractivity contribution is 1.11. The van der Waals surface area contributed by atoms with E-state index in [9.17, 15) is 0 Å². The average Bonchev–Trinajstić information content (AvgIpc) is 2.72. The van der Waals surface area contributed by atoms with E-state index < -0.39 is 0 Å². The zero-order valence-electron chi connectivity index (χ0n) is 20.9. The zero-order chi connectivity index (χ0) is 22.7. The van der Waals surface area contributed by atoms with E-state index in [1.165, 1.54) is 77.5 Å². The van der Waals surface area contributed by atoms with Gasteiger partial charge in [-0.15, -0.1) is 10.2 Å². The van der Waals surface area contributed by atoms with Crippen molar-refractivity contribution < 1.29 is 0 Å². The number of benzene rings is 3. The number of hydrogen-bond acceptors (Lipinski definition) is 2. The van der Waals surface area contributed by atoms with E-state index in [1.807, 2.05) is 0 Å². The number of hydrogen-bond donors (Lipinski definition) is 0. The summed E-state index contributed by atoms with van der Waals surface area (Å²) in [6, 6.07) is 0. The van der Waals surface area contributed by atoms with E-state index >= 15 is 0 Å². The van der Waals surface area contributed by atoms with Crippen molar-refractivity contribution in [3.8, 4) is 0 Å². The maximum absolute atomic E-state index is 4.94.